The second-order valence-corrected chi connectivity index (χ2v) is 6.21. The maximum absolute atomic E-state index is 13.7. The molecule has 1 atom stereocenters. The fourth-order valence-electron chi connectivity index (χ4n) is 2.89. The minimum Gasteiger partial charge on any atom is -0.497 e. The Labute approximate surface area is 156 Å². The fraction of sp³-hybridized carbons (Fsp3) is 0.300. The molecule has 1 aliphatic heterocycles. The van der Waals surface area contributed by atoms with Gasteiger partial charge in [0.25, 0.3) is 0 Å². The second kappa shape index (κ2) is 8.64. The summed E-state index contributed by atoms with van der Waals surface area (Å²) < 4.78 is 24.1. The molecule has 0 bridgehead atoms. The predicted molar refractivity (Wildman–Crippen MR) is 96.4 cm³/mol. The molecule has 0 aromatic heterocycles. The molecule has 1 heterocycles. The Bertz CT molecular complexity index is 810. The number of hydrogen-bond donors (Lipinski definition) is 1. The molecule has 6 nitrogen and oxygen atoms in total. The van der Waals surface area contributed by atoms with Crippen LogP contribution in [0.4, 0.5) is 4.39 Å². The van der Waals surface area contributed by atoms with Gasteiger partial charge < -0.3 is 19.7 Å². The molecule has 142 valence electrons. The largest absolute Gasteiger partial charge is 0.497 e. The summed E-state index contributed by atoms with van der Waals surface area (Å²) in [5, 5.41) is 2.69. The van der Waals surface area contributed by atoms with Gasteiger partial charge in [0.15, 0.2) is 0 Å². The number of carbonyl (C=O) groups excluding carboxylic acids is 2. The normalized spacial score (nSPS) is 16.9. The lowest BCUT2D eigenvalue weighted by molar-refractivity contribution is -0.155. The zero-order valence-corrected chi connectivity index (χ0v) is 15.0. The molecule has 0 saturated carbocycles. The number of halogens is 1. The summed E-state index contributed by atoms with van der Waals surface area (Å²) in [6, 6.07) is 12.8. The Morgan fingerprint density at radius 1 is 1.26 bits per heavy atom. The number of morpholine rings is 1. The van der Waals surface area contributed by atoms with Crippen molar-refractivity contribution in [2.75, 3.05) is 20.3 Å². The van der Waals surface area contributed by atoms with Gasteiger partial charge in [0.2, 0.25) is 11.8 Å². The van der Waals surface area contributed by atoms with E-state index in [0.717, 1.165) is 5.56 Å². The van der Waals surface area contributed by atoms with Gasteiger partial charge in [0, 0.05) is 18.7 Å². The van der Waals surface area contributed by atoms with Crippen LogP contribution in [0.25, 0.3) is 0 Å². The molecule has 2 aromatic carbocycles. The Morgan fingerprint density at radius 3 is 2.70 bits per heavy atom. The van der Waals surface area contributed by atoms with Crippen LogP contribution in [0.1, 0.15) is 11.1 Å². The third-order valence-electron chi connectivity index (χ3n) is 4.42. The van der Waals surface area contributed by atoms with Crippen LogP contribution >= 0.6 is 0 Å². The zero-order valence-electron chi connectivity index (χ0n) is 15.0. The van der Waals surface area contributed by atoms with Gasteiger partial charge in [0.05, 0.1) is 13.7 Å². The van der Waals surface area contributed by atoms with Gasteiger partial charge in [-0.05, 0) is 23.8 Å². The van der Waals surface area contributed by atoms with Crippen molar-refractivity contribution in [2.24, 2.45) is 0 Å². The van der Waals surface area contributed by atoms with E-state index in [-0.39, 0.29) is 43.9 Å². The van der Waals surface area contributed by atoms with Crippen LogP contribution in [0.15, 0.2) is 48.5 Å². The third kappa shape index (κ3) is 4.62. The topological polar surface area (TPSA) is 67.9 Å². The minimum absolute atomic E-state index is 0.0482. The highest BCUT2D eigenvalue weighted by atomic mass is 19.1. The van der Waals surface area contributed by atoms with Crippen molar-refractivity contribution in [2.45, 2.75) is 19.1 Å². The van der Waals surface area contributed by atoms with Gasteiger partial charge in [0.1, 0.15) is 24.2 Å². The van der Waals surface area contributed by atoms with Gasteiger partial charge in [-0.25, -0.2) is 4.39 Å². The molecule has 1 N–H and O–H groups in total. The molecule has 3 rings (SSSR count). The van der Waals surface area contributed by atoms with Gasteiger partial charge in [-0.2, -0.15) is 0 Å². The lowest BCUT2D eigenvalue weighted by Crippen LogP contribution is -2.55. The van der Waals surface area contributed by atoms with E-state index in [0.29, 0.717) is 11.3 Å². The molecule has 1 aliphatic rings. The number of ether oxygens (including phenoxy) is 2. The molecule has 7 heteroatoms. The van der Waals surface area contributed by atoms with Crippen molar-refractivity contribution >= 4 is 11.8 Å². The first-order valence-corrected chi connectivity index (χ1v) is 8.59. The number of carbonyl (C=O) groups is 2. The Kier molecular flexibility index (Phi) is 6.03. The molecule has 0 radical (unpaired) electrons. The van der Waals surface area contributed by atoms with Crippen LogP contribution in [0.3, 0.4) is 0 Å². The second-order valence-electron chi connectivity index (χ2n) is 6.21. The number of nitrogens with zero attached hydrogens (tertiary/aromatic N) is 1. The van der Waals surface area contributed by atoms with Crippen LogP contribution in [0, 0.1) is 5.82 Å². The summed E-state index contributed by atoms with van der Waals surface area (Å²) >= 11 is 0. The minimum atomic E-state index is -0.764. The van der Waals surface area contributed by atoms with Gasteiger partial charge in [-0.3, -0.25) is 9.59 Å². The summed E-state index contributed by atoms with van der Waals surface area (Å²) in [6.45, 7) is 0.370. The van der Waals surface area contributed by atoms with E-state index in [9.17, 15) is 14.0 Å². The zero-order chi connectivity index (χ0) is 19.2. The van der Waals surface area contributed by atoms with Crippen molar-refractivity contribution in [1.29, 1.82) is 0 Å². The smallest absolute Gasteiger partial charge is 0.249 e. The highest BCUT2D eigenvalue weighted by Gasteiger charge is 2.34. The first-order chi connectivity index (χ1) is 13.1. The van der Waals surface area contributed by atoms with Crippen molar-refractivity contribution in [3.8, 4) is 5.75 Å². The van der Waals surface area contributed by atoms with Crippen molar-refractivity contribution in [1.82, 2.24) is 10.2 Å². The summed E-state index contributed by atoms with van der Waals surface area (Å²) in [4.78, 5) is 26.4. The number of rotatable bonds is 6. The predicted octanol–water partition coefficient (Wildman–Crippen LogP) is 1.88. The monoisotopic (exact) mass is 372 g/mol. The van der Waals surface area contributed by atoms with Crippen molar-refractivity contribution < 1.29 is 23.5 Å². The Morgan fingerprint density at radius 2 is 2.00 bits per heavy atom. The maximum Gasteiger partial charge on any atom is 0.249 e. The first-order valence-electron chi connectivity index (χ1n) is 8.59. The summed E-state index contributed by atoms with van der Waals surface area (Å²) in [7, 11) is 1.58. The molecule has 1 saturated heterocycles. The quantitative estimate of drug-likeness (QED) is 0.841. The summed E-state index contributed by atoms with van der Waals surface area (Å²) in [6.07, 6.45) is 0. The number of hydrogen-bond acceptors (Lipinski definition) is 4. The standard InChI is InChI=1S/C20H21FN2O4/c1-26-16-8-6-14(7-9-16)11-23-18(12-27-13-19(23)24)20(25)22-10-15-4-2-3-5-17(15)21/h2-9,18H,10-13H2,1H3,(H,22,25)/t18-/m0/s1. The lowest BCUT2D eigenvalue weighted by atomic mass is 10.1. The van der Waals surface area contributed by atoms with Crippen LogP contribution in [-0.4, -0.2) is 43.1 Å². The fourth-order valence-corrected chi connectivity index (χ4v) is 2.89. The molecule has 1 fully saturated rings. The number of nitrogens with one attached hydrogen (secondary N) is 1. The molecule has 0 aliphatic carbocycles. The molecule has 0 spiro atoms. The molecule has 2 amide bonds. The average molecular weight is 372 g/mol. The van der Waals surface area contributed by atoms with E-state index in [1.165, 1.54) is 11.0 Å². The highest BCUT2D eigenvalue weighted by Crippen LogP contribution is 2.17. The van der Waals surface area contributed by atoms with Gasteiger partial charge in [-0.1, -0.05) is 30.3 Å². The molecular weight excluding hydrogens is 351 g/mol. The van der Waals surface area contributed by atoms with Crippen LogP contribution < -0.4 is 10.1 Å². The lowest BCUT2D eigenvalue weighted by Gasteiger charge is -2.34. The molecule has 2 aromatic rings. The van der Waals surface area contributed by atoms with E-state index in [1.807, 2.05) is 12.1 Å². The molecule has 27 heavy (non-hydrogen) atoms. The van der Waals surface area contributed by atoms with Crippen molar-refractivity contribution in [3.05, 3.63) is 65.5 Å². The van der Waals surface area contributed by atoms with E-state index in [2.05, 4.69) is 5.32 Å². The first kappa shape index (κ1) is 18.8. The average Bonchev–Trinajstić information content (AvgIpc) is 2.69. The number of benzene rings is 2. The van der Waals surface area contributed by atoms with Crippen molar-refractivity contribution in [3.63, 3.8) is 0 Å². The maximum atomic E-state index is 13.7. The Hall–Kier alpha value is -2.93. The number of methoxy groups -OCH3 is 1. The van der Waals surface area contributed by atoms with E-state index in [1.54, 1.807) is 37.4 Å². The van der Waals surface area contributed by atoms with Gasteiger partial charge in [-0.15, -0.1) is 0 Å². The third-order valence-corrected chi connectivity index (χ3v) is 4.42. The van der Waals surface area contributed by atoms with E-state index >= 15 is 0 Å². The molecule has 0 unspecified atom stereocenters. The van der Waals surface area contributed by atoms with E-state index < -0.39 is 6.04 Å². The highest BCUT2D eigenvalue weighted by molar-refractivity contribution is 5.89. The summed E-state index contributed by atoms with van der Waals surface area (Å²) in [5.74, 6) is -0.307. The van der Waals surface area contributed by atoms with Gasteiger partial charge >= 0.3 is 0 Å². The number of amides is 2. The molecular formula is C20H21FN2O4. The summed E-state index contributed by atoms with van der Waals surface area (Å²) in [5.41, 5.74) is 1.26. The van der Waals surface area contributed by atoms with Crippen LogP contribution in [0.2, 0.25) is 0 Å². The van der Waals surface area contributed by atoms with Crippen LogP contribution in [-0.2, 0) is 27.4 Å². The SMILES string of the molecule is COc1ccc(CN2C(=O)COC[C@H]2C(=O)NCc2ccccc2F)cc1. The Balaban J connectivity index is 1.68. The van der Waals surface area contributed by atoms with Crippen LogP contribution in [0.5, 0.6) is 5.75 Å². The van der Waals surface area contributed by atoms with E-state index in [4.69, 9.17) is 9.47 Å².